The number of rotatable bonds is 0. The highest BCUT2D eigenvalue weighted by Crippen LogP contribution is 2.28. The van der Waals surface area contributed by atoms with Crippen LogP contribution in [0.5, 0.6) is 0 Å². The summed E-state index contributed by atoms with van der Waals surface area (Å²) < 4.78 is 0. The number of hydrogen-bond acceptors (Lipinski definition) is 4. The molecule has 2 rings (SSSR count). The summed E-state index contributed by atoms with van der Waals surface area (Å²) in [6.45, 7) is 0. The fourth-order valence-electron chi connectivity index (χ4n) is 1.61. The lowest BCUT2D eigenvalue weighted by Crippen LogP contribution is -2.49. The molecule has 0 amide bonds. The SMILES string of the molecule is O=C1C=NNC12CCCC2=O. The molecule has 1 heterocycles. The van der Waals surface area contributed by atoms with Crippen LogP contribution in [0.4, 0.5) is 0 Å². The van der Waals surface area contributed by atoms with Gasteiger partial charge in [-0.2, -0.15) is 5.10 Å². The molecule has 0 aromatic carbocycles. The van der Waals surface area contributed by atoms with Crippen molar-refractivity contribution in [2.45, 2.75) is 24.8 Å². The topological polar surface area (TPSA) is 58.5 Å². The number of carbonyl (C=O) groups excluding carboxylic acids is 2. The molecule has 1 fully saturated rings. The molecule has 1 unspecified atom stereocenters. The summed E-state index contributed by atoms with van der Waals surface area (Å²) in [4.78, 5) is 22.4. The summed E-state index contributed by atoms with van der Waals surface area (Å²) in [5.74, 6) is -0.194. The van der Waals surface area contributed by atoms with E-state index in [0.29, 0.717) is 12.8 Å². The normalized spacial score (nSPS) is 35.3. The molecule has 0 bridgehead atoms. The molecule has 1 N–H and O–H groups in total. The van der Waals surface area contributed by atoms with Crippen LogP contribution in [0.15, 0.2) is 5.10 Å². The first-order valence-electron chi connectivity index (χ1n) is 3.64. The molecule has 11 heavy (non-hydrogen) atoms. The van der Waals surface area contributed by atoms with E-state index in [4.69, 9.17) is 0 Å². The van der Waals surface area contributed by atoms with E-state index < -0.39 is 5.54 Å². The first kappa shape index (κ1) is 6.52. The second-order valence-electron chi connectivity index (χ2n) is 2.92. The first-order chi connectivity index (χ1) is 5.26. The zero-order chi connectivity index (χ0) is 7.90. The summed E-state index contributed by atoms with van der Waals surface area (Å²) in [5.41, 5.74) is 1.66. The van der Waals surface area contributed by atoms with Gasteiger partial charge in [0.15, 0.2) is 11.3 Å². The Kier molecular flexibility index (Phi) is 1.13. The molecule has 2 aliphatic rings. The predicted octanol–water partition coefficient (Wildman–Crippen LogP) is -0.364. The van der Waals surface area contributed by atoms with Crippen molar-refractivity contribution >= 4 is 17.8 Å². The molecule has 1 aliphatic carbocycles. The molecule has 1 spiro atoms. The monoisotopic (exact) mass is 152 g/mol. The summed E-state index contributed by atoms with van der Waals surface area (Å²) in [6, 6.07) is 0. The highest BCUT2D eigenvalue weighted by molar-refractivity contribution is 6.39. The number of Topliss-reactive ketones (excluding diaryl/α,β-unsaturated/α-hetero) is 2. The number of nitrogens with zero attached hydrogens (tertiary/aromatic N) is 1. The van der Waals surface area contributed by atoms with Crippen LogP contribution in [-0.4, -0.2) is 23.3 Å². The van der Waals surface area contributed by atoms with Gasteiger partial charge in [-0.1, -0.05) is 0 Å². The predicted molar refractivity (Wildman–Crippen MR) is 38.2 cm³/mol. The Morgan fingerprint density at radius 3 is 2.82 bits per heavy atom. The zero-order valence-electron chi connectivity index (χ0n) is 5.96. The fraction of sp³-hybridized carbons (Fsp3) is 0.571. The van der Waals surface area contributed by atoms with Gasteiger partial charge >= 0.3 is 0 Å². The largest absolute Gasteiger partial charge is 0.296 e. The van der Waals surface area contributed by atoms with E-state index in [1.54, 1.807) is 0 Å². The average Bonchev–Trinajstić information content (AvgIpc) is 2.48. The second kappa shape index (κ2) is 1.90. The van der Waals surface area contributed by atoms with Gasteiger partial charge in [-0.3, -0.25) is 15.0 Å². The van der Waals surface area contributed by atoms with E-state index >= 15 is 0 Å². The molecule has 0 aromatic rings. The van der Waals surface area contributed by atoms with Gasteiger partial charge in [-0.25, -0.2) is 0 Å². The molecule has 0 saturated heterocycles. The number of nitrogens with one attached hydrogen (secondary N) is 1. The summed E-state index contributed by atoms with van der Waals surface area (Å²) in [7, 11) is 0. The van der Waals surface area contributed by atoms with Crippen molar-refractivity contribution in [1.29, 1.82) is 0 Å². The summed E-state index contributed by atoms with van der Waals surface area (Å²) in [6.07, 6.45) is 3.09. The van der Waals surface area contributed by atoms with Crippen LogP contribution in [0.3, 0.4) is 0 Å². The van der Waals surface area contributed by atoms with E-state index in [-0.39, 0.29) is 11.6 Å². The van der Waals surface area contributed by atoms with Crippen LogP contribution in [0.2, 0.25) is 0 Å². The quantitative estimate of drug-likeness (QED) is 0.482. The smallest absolute Gasteiger partial charge is 0.210 e. The van der Waals surface area contributed by atoms with E-state index in [1.165, 1.54) is 6.21 Å². The molecular formula is C7H8N2O2. The minimum absolute atomic E-state index is 0.0139. The number of ketones is 2. The molecule has 0 radical (unpaired) electrons. The molecule has 1 atom stereocenters. The van der Waals surface area contributed by atoms with Crippen molar-refractivity contribution in [2.24, 2.45) is 5.10 Å². The molecule has 1 saturated carbocycles. The Hall–Kier alpha value is -1.19. The highest BCUT2D eigenvalue weighted by Gasteiger charge is 2.49. The molecule has 4 nitrogen and oxygen atoms in total. The van der Waals surface area contributed by atoms with Gasteiger partial charge in [-0.05, 0) is 12.8 Å². The maximum Gasteiger partial charge on any atom is 0.210 e. The van der Waals surface area contributed by atoms with Crippen LogP contribution in [0, 0.1) is 0 Å². The second-order valence-corrected chi connectivity index (χ2v) is 2.92. The van der Waals surface area contributed by atoms with Crippen molar-refractivity contribution < 1.29 is 9.59 Å². The lowest BCUT2D eigenvalue weighted by Gasteiger charge is -2.17. The van der Waals surface area contributed by atoms with Crippen LogP contribution in [0.1, 0.15) is 19.3 Å². The minimum Gasteiger partial charge on any atom is -0.296 e. The van der Waals surface area contributed by atoms with E-state index in [9.17, 15) is 9.59 Å². The van der Waals surface area contributed by atoms with Crippen molar-refractivity contribution in [3.8, 4) is 0 Å². The molecular weight excluding hydrogens is 144 g/mol. The maximum atomic E-state index is 11.2. The zero-order valence-corrected chi connectivity index (χ0v) is 5.96. The first-order valence-corrected chi connectivity index (χ1v) is 3.64. The third-order valence-corrected chi connectivity index (χ3v) is 2.29. The Labute approximate surface area is 63.7 Å². The molecule has 58 valence electrons. The van der Waals surface area contributed by atoms with E-state index in [2.05, 4.69) is 10.5 Å². The molecule has 1 aliphatic heterocycles. The fourth-order valence-corrected chi connectivity index (χ4v) is 1.61. The number of hydrazone groups is 1. The Morgan fingerprint density at radius 2 is 2.36 bits per heavy atom. The van der Waals surface area contributed by atoms with E-state index in [1.807, 2.05) is 0 Å². The van der Waals surface area contributed by atoms with Gasteiger partial charge in [0.2, 0.25) is 5.78 Å². The Morgan fingerprint density at radius 1 is 1.55 bits per heavy atom. The maximum absolute atomic E-state index is 11.2. The number of hydrogen-bond donors (Lipinski definition) is 1. The standard InChI is InChI=1S/C7H8N2O2/c10-5-2-1-3-7(5)6(11)4-8-9-7/h4,9H,1-3H2. The van der Waals surface area contributed by atoms with Crippen molar-refractivity contribution in [3.05, 3.63) is 0 Å². The van der Waals surface area contributed by atoms with Gasteiger partial charge in [0, 0.05) is 6.42 Å². The van der Waals surface area contributed by atoms with Crippen molar-refractivity contribution in [3.63, 3.8) is 0 Å². The summed E-state index contributed by atoms with van der Waals surface area (Å²) in [5, 5.41) is 3.60. The molecule has 0 aromatic heterocycles. The third-order valence-electron chi connectivity index (χ3n) is 2.29. The highest BCUT2D eigenvalue weighted by atomic mass is 16.2. The van der Waals surface area contributed by atoms with Gasteiger partial charge in [-0.15, -0.1) is 0 Å². The van der Waals surface area contributed by atoms with Gasteiger partial charge < -0.3 is 0 Å². The van der Waals surface area contributed by atoms with Crippen LogP contribution >= 0.6 is 0 Å². The lowest BCUT2D eigenvalue weighted by molar-refractivity contribution is -0.129. The Balaban J connectivity index is 2.36. The van der Waals surface area contributed by atoms with Crippen LogP contribution in [-0.2, 0) is 9.59 Å². The van der Waals surface area contributed by atoms with Crippen molar-refractivity contribution in [1.82, 2.24) is 5.43 Å². The number of carbonyl (C=O) groups is 2. The van der Waals surface area contributed by atoms with Gasteiger partial charge in [0.05, 0.1) is 6.21 Å². The Bertz CT molecular complexity index is 259. The van der Waals surface area contributed by atoms with Crippen molar-refractivity contribution in [2.75, 3.05) is 0 Å². The lowest BCUT2D eigenvalue weighted by atomic mass is 9.94. The van der Waals surface area contributed by atoms with Gasteiger partial charge in [0.1, 0.15) is 0 Å². The molecule has 4 heteroatoms. The van der Waals surface area contributed by atoms with Crippen LogP contribution < -0.4 is 5.43 Å². The average molecular weight is 152 g/mol. The third kappa shape index (κ3) is 0.664. The van der Waals surface area contributed by atoms with Gasteiger partial charge in [0.25, 0.3) is 0 Å². The van der Waals surface area contributed by atoms with Crippen LogP contribution in [0.25, 0.3) is 0 Å². The van der Waals surface area contributed by atoms with E-state index in [0.717, 1.165) is 6.42 Å². The minimum atomic E-state index is -0.944. The summed E-state index contributed by atoms with van der Waals surface area (Å²) >= 11 is 0.